The molecule has 0 radical (unpaired) electrons. The van der Waals surface area contributed by atoms with Crippen LogP contribution in [0.5, 0.6) is 0 Å². The number of fused-ring (bicyclic) bond motifs is 2. The molecule has 1 saturated heterocycles. The Morgan fingerprint density at radius 1 is 1.22 bits per heavy atom. The predicted molar refractivity (Wildman–Crippen MR) is 102 cm³/mol. The van der Waals surface area contributed by atoms with Crippen LogP contribution in [0.1, 0.15) is 42.6 Å². The van der Waals surface area contributed by atoms with E-state index >= 15 is 0 Å². The number of rotatable bonds is 2. The molecular formula is C22H25N3O2. The van der Waals surface area contributed by atoms with Crippen molar-refractivity contribution in [2.24, 2.45) is 5.92 Å². The fourth-order valence-corrected chi connectivity index (χ4v) is 4.63. The van der Waals surface area contributed by atoms with Crippen molar-refractivity contribution in [1.29, 1.82) is 0 Å². The molecule has 1 aromatic carbocycles. The summed E-state index contributed by atoms with van der Waals surface area (Å²) >= 11 is 0. The van der Waals surface area contributed by atoms with Crippen molar-refractivity contribution in [1.82, 2.24) is 14.9 Å². The summed E-state index contributed by atoms with van der Waals surface area (Å²) in [6.07, 6.45) is 4.21. The molecule has 1 spiro atoms. The van der Waals surface area contributed by atoms with Gasteiger partial charge in [0, 0.05) is 35.8 Å². The SMILES string of the molecule is Cc1nc(-c2ccccc2)nc2c1COC[C@]21CCN(C(=O)C2CCC2)C1. The lowest BCUT2D eigenvalue weighted by molar-refractivity contribution is -0.137. The van der Waals surface area contributed by atoms with E-state index in [1.54, 1.807) is 0 Å². The van der Waals surface area contributed by atoms with Crippen molar-refractivity contribution in [3.8, 4) is 11.4 Å². The monoisotopic (exact) mass is 363 g/mol. The molecule has 5 rings (SSSR count). The van der Waals surface area contributed by atoms with Gasteiger partial charge in [0.05, 0.1) is 24.3 Å². The number of aromatic nitrogens is 2. The van der Waals surface area contributed by atoms with Gasteiger partial charge in [0.2, 0.25) is 5.91 Å². The minimum absolute atomic E-state index is 0.190. The molecule has 5 nitrogen and oxygen atoms in total. The second kappa shape index (κ2) is 6.41. The van der Waals surface area contributed by atoms with Crippen LogP contribution in [-0.4, -0.2) is 40.5 Å². The molecule has 2 aromatic rings. The number of amides is 1. The zero-order valence-corrected chi connectivity index (χ0v) is 15.8. The predicted octanol–water partition coefficient (Wildman–Crippen LogP) is 3.25. The fraction of sp³-hybridized carbons (Fsp3) is 0.500. The van der Waals surface area contributed by atoms with Gasteiger partial charge >= 0.3 is 0 Å². The Labute approximate surface area is 159 Å². The number of hydrogen-bond acceptors (Lipinski definition) is 4. The fourth-order valence-electron chi connectivity index (χ4n) is 4.63. The standard InChI is InChI=1S/C22H25N3O2/c1-15-18-12-27-14-22(10-11-25(13-22)21(26)17-8-5-9-17)19(18)24-20(23-15)16-6-3-2-4-7-16/h2-4,6-7,17H,5,8-14H2,1H3/t22-/m1/s1. The summed E-state index contributed by atoms with van der Waals surface area (Å²) in [5, 5.41) is 0. The summed E-state index contributed by atoms with van der Waals surface area (Å²) in [6, 6.07) is 10.1. The van der Waals surface area contributed by atoms with E-state index in [0.29, 0.717) is 19.1 Å². The summed E-state index contributed by atoms with van der Waals surface area (Å²) in [5.74, 6) is 1.35. The minimum atomic E-state index is -0.190. The highest BCUT2D eigenvalue weighted by atomic mass is 16.5. The summed E-state index contributed by atoms with van der Waals surface area (Å²) < 4.78 is 5.97. The topological polar surface area (TPSA) is 55.3 Å². The number of benzene rings is 1. The average molecular weight is 363 g/mol. The highest BCUT2D eigenvalue weighted by molar-refractivity contribution is 5.80. The van der Waals surface area contributed by atoms with Gasteiger partial charge in [0.15, 0.2) is 5.82 Å². The number of nitrogens with zero attached hydrogens (tertiary/aromatic N) is 3. The molecule has 0 unspecified atom stereocenters. The second-order valence-corrected chi connectivity index (χ2v) is 8.24. The molecule has 1 aromatic heterocycles. The molecule has 1 aliphatic carbocycles. The van der Waals surface area contributed by atoms with E-state index in [9.17, 15) is 4.79 Å². The summed E-state index contributed by atoms with van der Waals surface area (Å²) in [5.41, 5.74) is 4.04. The third-order valence-electron chi connectivity index (χ3n) is 6.49. The van der Waals surface area contributed by atoms with Gasteiger partial charge in [-0.2, -0.15) is 0 Å². The van der Waals surface area contributed by atoms with E-state index < -0.39 is 0 Å². The van der Waals surface area contributed by atoms with Gasteiger partial charge in [-0.05, 0) is 26.2 Å². The molecule has 3 aliphatic rings. The van der Waals surface area contributed by atoms with Crippen LogP contribution in [0, 0.1) is 12.8 Å². The lowest BCUT2D eigenvalue weighted by atomic mass is 9.79. The molecule has 2 aliphatic heterocycles. The maximum Gasteiger partial charge on any atom is 0.225 e. The van der Waals surface area contributed by atoms with Crippen molar-refractivity contribution in [2.45, 2.75) is 44.6 Å². The Hall–Kier alpha value is -2.27. The molecule has 1 saturated carbocycles. The zero-order chi connectivity index (χ0) is 18.4. The van der Waals surface area contributed by atoms with E-state index in [1.807, 2.05) is 37.3 Å². The lowest BCUT2D eigenvalue weighted by Crippen LogP contribution is -2.44. The summed E-state index contributed by atoms with van der Waals surface area (Å²) in [7, 11) is 0. The molecule has 140 valence electrons. The molecule has 1 atom stereocenters. The van der Waals surface area contributed by atoms with Crippen molar-refractivity contribution >= 4 is 5.91 Å². The lowest BCUT2D eigenvalue weighted by Gasteiger charge is -2.36. The van der Waals surface area contributed by atoms with Gasteiger partial charge in [0.1, 0.15) is 0 Å². The molecule has 3 heterocycles. The molecular weight excluding hydrogens is 338 g/mol. The van der Waals surface area contributed by atoms with Crippen LogP contribution < -0.4 is 0 Å². The highest BCUT2D eigenvalue weighted by Gasteiger charge is 2.47. The van der Waals surface area contributed by atoms with Gasteiger partial charge in [0.25, 0.3) is 0 Å². The van der Waals surface area contributed by atoms with Crippen molar-refractivity contribution < 1.29 is 9.53 Å². The Kier molecular flexibility index (Phi) is 4.01. The largest absolute Gasteiger partial charge is 0.376 e. The maximum atomic E-state index is 12.8. The van der Waals surface area contributed by atoms with Gasteiger partial charge < -0.3 is 9.64 Å². The van der Waals surface area contributed by atoms with E-state index in [0.717, 1.165) is 60.7 Å². The van der Waals surface area contributed by atoms with Crippen LogP contribution in [0.4, 0.5) is 0 Å². The Morgan fingerprint density at radius 3 is 2.78 bits per heavy atom. The van der Waals surface area contributed by atoms with Gasteiger partial charge in [-0.1, -0.05) is 36.8 Å². The van der Waals surface area contributed by atoms with E-state index in [2.05, 4.69) is 4.90 Å². The normalized spacial score (nSPS) is 24.7. The first-order valence-electron chi connectivity index (χ1n) is 9.96. The molecule has 27 heavy (non-hydrogen) atoms. The van der Waals surface area contributed by atoms with Crippen molar-refractivity contribution in [2.75, 3.05) is 19.7 Å². The van der Waals surface area contributed by atoms with Crippen LogP contribution in [-0.2, 0) is 21.6 Å². The van der Waals surface area contributed by atoms with E-state index in [4.69, 9.17) is 14.7 Å². The minimum Gasteiger partial charge on any atom is -0.376 e. The zero-order valence-electron chi connectivity index (χ0n) is 15.8. The molecule has 5 heteroatoms. The maximum absolute atomic E-state index is 12.8. The van der Waals surface area contributed by atoms with Crippen molar-refractivity contribution in [3.05, 3.63) is 47.3 Å². The highest BCUT2D eigenvalue weighted by Crippen LogP contribution is 2.42. The summed E-state index contributed by atoms with van der Waals surface area (Å²) in [4.78, 5) is 24.6. The second-order valence-electron chi connectivity index (χ2n) is 8.24. The molecule has 0 bridgehead atoms. The number of carbonyl (C=O) groups is 1. The number of aryl methyl sites for hydroxylation is 1. The van der Waals surface area contributed by atoms with Gasteiger partial charge in [-0.25, -0.2) is 9.97 Å². The number of hydrogen-bond donors (Lipinski definition) is 0. The quantitative estimate of drug-likeness (QED) is 0.822. The number of ether oxygens (including phenoxy) is 1. The average Bonchev–Trinajstić information content (AvgIpc) is 3.07. The van der Waals surface area contributed by atoms with Crippen LogP contribution in [0.2, 0.25) is 0 Å². The molecule has 0 N–H and O–H groups in total. The molecule has 2 fully saturated rings. The van der Waals surface area contributed by atoms with Crippen LogP contribution >= 0.6 is 0 Å². The summed E-state index contributed by atoms with van der Waals surface area (Å²) in [6.45, 7) is 4.77. The third-order valence-corrected chi connectivity index (χ3v) is 6.49. The van der Waals surface area contributed by atoms with Crippen LogP contribution in [0.15, 0.2) is 30.3 Å². The first-order chi connectivity index (χ1) is 13.2. The number of carbonyl (C=O) groups excluding carboxylic acids is 1. The van der Waals surface area contributed by atoms with Crippen LogP contribution in [0.3, 0.4) is 0 Å². The van der Waals surface area contributed by atoms with Crippen LogP contribution in [0.25, 0.3) is 11.4 Å². The Balaban J connectivity index is 1.52. The smallest absolute Gasteiger partial charge is 0.225 e. The Morgan fingerprint density at radius 2 is 2.04 bits per heavy atom. The van der Waals surface area contributed by atoms with Gasteiger partial charge in [-0.15, -0.1) is 0 Å². The first kappa shape index (κ1) is 16.9. The van der Waals surface area contributed by atoms with Crippen molar-refractivity contribution in [3.63, 3.8) is 0 Å². The number of likely N-dealkylation sites (tertiary alicyclic amines) is 1. The molecule has 1 amide bonds. The first-order valence-corrected chi connectivity index (χ1v) is 9.96. The Bertz CT molecular complexity index is 879. The van der Waals surface area contributed by atoms with Gasteiger partial charge in [-0.3, -0.25) is 4.79 Å². The van der Waals surface area contributed by atoms with E-state index in [1.165, 1.54) is 6.42 Å². The van der Waals surface area contributed by atoms with E-state index in [-0.39, 0.29) is 11.3 Å². The third kappa shape index (κ3) is 2.76.